The first kappa shape index (κ1) is 15.5. The van der Waals surface area contributed by atoms with Crippen LogP contribution < -0.4 is 5.32 Å². The maximum Gasteiger partial charge on any atom is 0.224 e. The SMILES string of the molecule is CSc1nc(C)c(CCC(=O)Nc2ccccc2)c(C)n1. The van der Waals surface area contributed by atoms with Crippen LogP contribution in [0.3, 0.4) is 0 Å². The molecule has 0 aliphatic rings. The van der Waals surface area contributed by atoms with Crippen LogP contribution in [0, 0.1) is 13.8 Å². The van der Waals surface area contributed by atoms with Gasteiger partial charge in [0.25, 0.3) is 0 Å². The highest BCUT2D eigenvalue weighted by molar-refractivity contribution is 7.98. The van der Waals surface area contributed by atoms with Crippen LogP contribution in [0.2, 0.25) is 0 Å². The molecule has 110 valence electrons. The van der Waals surface area contributed by atoms with Crippen molar-refractivity contribution in [2.24, 2.45) is 0 Å². The lowest BCUT2D eigenvalue weighted by Gasteiger charge is -2.10. The van der Waals surface area contributed by atoms with E-state index in [0.29, 0.717) is 12.8 Å². The van der Waals surface area contributed by atoms with E-state index in [2.05, 4.69) is 15.3 Å². The van der Waals surface area contributed by atoms with Crippen LogP contribution in [0.4, 0.5) is 5.69 Å². The third kappa shape index (κ3) is 4.29. The topological polar surface area (TPSA) is 54.9 Å². The molecule has 1 heterocycles. The predicted molar refractivity (Wildman–Crippen MR) is 86.7 cm³/mol. The number of anilines is 1. The maximum absolute atomic E-state index is 12.0. The normalized spacial score (nSPS) is 10.4. The van der Waals surface area contributed by atoms with Gasteiger partial charge in [0.2, 0.25) is 5.91 Å². The average molecular weight is 301 g/mol. The van der Waals surface area contributed by atoms with Crippen molar-refractivity contribution in [2.45, 2.75) is 31.8 Å². The zero-order valence-electron chi connectivity index (χ0n) is 12.5. The van der Waals surface area contributed by atoms with E-state index in [0.717, 1.165) is 27.8 Å². The van der Waals surface area contributed by atoms with E-state index in [1.165, 1.54) is 11.8 Å². The molecule has 0 saturated heterocycles. The van der Waals surface area contributed by atoms with Gasteiger partial charge in [-0.25, -0.2) is 9.97 Å². The number of rotatable bonds is 5. The molecule has 2 rings (SSSR count). The number of benzene rings is 1. The molecular weight excluding hydrogens is 282 g/mol. The average Bonchev–Trinajstić information content (AvgIpc) is 2.47. The number of aromatic nitrogens is 2. The molecule has 1 N–H and O–H groups in total. The Bertz CT molecular complexity index is 606. The van der Waals surface area contributed by atoms with E-state index >= 15 is 0 Å². The highest BCUT2D eigenvalue weighted by Crippen LogP contribution is 2.17. The van der Waals surface area contributed by atoms with Crippen LogP contribution in [-0.2, 0) is 11.2 Å². The summed E-state index contributed by atoms with van der Waals surface area (Å²) in [6, 6.07) is 9.49. The Kier molecular flexibility index (Phi) is 5.33. The number of hydrogen-bond donors (Lipinski definition) is 1. The lowest BCUT2D eigenvalue weighted by atomic mass is 10.1. The summed E-state index contributed by atoms with van der Waals surface area (Å²) in [7, 11) is 0. The van der Waals surface area contributed by atoms with Crippen LogP contribution in [0.25, 0.3) is 0 Å². The first-order chi connectivity index (χ1) is 10.1. The van der Waals surface area contributed by atoms with Gasteiger partial charge in [-0.2, -0.15) is 0 Å². The summed E-state index contributed by atoms with van der Waals surface area (Å²) in [4.78, 5) is 20.8. The summed E-state index contributed by atoms with van der Waals surface area (Å²) in [5.41, 5.74) is 3.81. The number of carbonyl (C=O) groups excluding carboxylic acids is 1. The van der Waals surface area contributed by atoms with Gasteiger partial charge in [-0.3, -0.25) is 4.79 Å². The fourth-order valence-corrected chi connectivity index (χ4v) is 2.60. The lowest BCUT2D eigenvalue weighted by molar-refractivity contribution is -0.116. The molecule has 0 radical (unpaired) electrons. The van der Waals surface area contributed by atoms with Crippen molar-refractivity contribution in [3.63, 3.8) is 0 Å². The second kappa shape index (κ2) is 7.22. The molecule has 1 aromatic carbocycles. The van der Waals surface area contributed by atoms with Crippen molar-refractivity contribution in [3.8, 4) is 0 Å². The molecule has 0 bridgehead atoms. The third-order valence-corrected chi connectivity index (χ3v) is 3.79. The summed E-state index contributed by atoms with van der Waals surface area (Å²) in [6.45, 7) is 3.94. The summed E-state index contributed by atoms with van der Waals surface area (Å²) in [5, 5.41) is 3.67. The minimum Gasteiger partial charge on any atom is -0.326 e. The van der Waals surface area contributed by atoms with E-state index in [1.54, 1.807) is 0 Å². The zero-order chi connectivity index (χ0) is 15.2. The summed E-state index contributed by atoms with van der Waals surface area (Å²) < 4.78 is 0. The van der Waals surface area contributed by atoms with Gasteiger partial charge < -0.3 is 5.32 Å². The Morgan fingerprint density at radius 2 is 1.76 bits per heavy atom. The second-order valence-electron chi connectivity index (χ2n) is 4.77. The molecule has 0 aliphatic heterocycles. The summed E-state index contributed by atoms with van der Waals surface area (Å²) >= 11 is 1.53. The van der Waals surface area contributed by atoms with Gasteiger partial charge in [-0.1, -0.05) is 30.0 Å². The van der Waals surface area contributed by atoms with Crippen LogP contribution in [0.1, 0.15) is 23.4 Å². The van der Waals surface area contributed by atoms with Crippen molar-refractivity contribution in [3.05, 3.63) is 47.3 Å². The van der Waals surface area contributed by atoms with E-state index in [4.69, 9.17) is 0 Å². The van der Waals surface area contributed by atoms with Gasteiger partial charge in [-0.15, -0.1) is 0 Å². The molecule has 4 nitrogen and oxygen atoms in total. The molecule has 0 saturated carbocycles. The molecule has 0 aliphatic carbocycles. The van der Waals surface area contributed by atoms with Gasteiger partial charge >= 0.3 is 0 Å². The maximum atomic E-state index is 12.0. The van der Waals surface area contributed by atoms with E-state index in [9.17, 15) is 4.79 Å². The Morgan fingerprint density at radius 1 is 1.14 bits per heavy atom. The highest BCUT2D eigenvalue weighted by Gasteiger charge is 2.10. The minimum absolute atomic E-state index is 0.00828. The number of hydrogen-bond acceptors (Lipinski definition) is 4. The van der Waals surface area contributed by atoms with Gasteiger partial charge in [0.1, 0.15) is 0 Å². The number of para-hydroxylation sites is 1. The molecule has 0 spiro atoms. The van der Waals surface area contributed by atoms with Gasteiger partial charge in [-0.05, 0) is 44.2 Å². The van der Waals surface area contributed by atoms with Gasteiger partial charge in [0.05, 0.1) is 0 Å². The number of nitrogens with zero attached hydrogens (tertiary/aromatic N) is 2. The lowest BCUT2D eigenvalue weighted by Crippen LogP contribution is -2.13. The highest BCUT2D eigenvalue weighted by atomic mass is 32.2. The first-order valence-corrected chi connectivity index (χ1v) is 8.05. The summed E-state index contributed by atoms with van der Waals surface area (Å²) in [6.07, 6.45) is 3.05. The number of aryl methyl sites for hydroxylation is 2. The van der Waals surface area contributed by atoms with Crippen molar-refractivity contribution >= 4 is 23.4 Å². The van der Waals surface area contributed by atoms with Crippen molar-refractivity contribution in [1.82, 2.24) is 9.97 Å². The number of amides is 1. The molecule has 21 heavy (non-hydrogen) atoms. The molecule has 5 heteroatoms. The third-order valence-electron chi connectivity index (χ3n) is 3.24. The van der Waals surface area contributed by atoms with Crippen LogP contribution in [0.5, 0.6) is 0 Å². The Balaban J connectivity index is 1.98. The summed E-state index contributed by atoms with van der Waals surface area (Å²) in [5.74, 6) is 0.00828. The predicted octanol–water partition coefficient (Wildman–Crippen LogP) is 3.39. The van der Waals surface area contributed by atoms with E-state index in [1.807, 2.05) is 50.4 Å². The Labute approximate surface area is 129 Å². The number of thioether (sulfide) groups is 1. The van der Waals surface area contributed by atoms with Gasteiger partial charge in [0, 0.05) is 23.5 Å². The van der Waals surface area contributed by atoms with Crippen molar-refractivity contribution in [2.75, 3.05) is 11.6 Å². The Morgan fingerprint density at radius 3 is 2.33 bits per heavy atom. The molecule has 0 fully saturated rings. The monoisotopic (exact) mass is 301 g/mol. The number of nitrogens with one attached hydrogen (secondary N) is 1. The zero-order valence-corrected chi connectivity index (χ0v) is 13.3. The fraction of sp³-hybridized carbons (Fsp3) is 0.312. The quantitative estimate of drug-likeness (QED) is 0.679. The fourth-order valence-electron chi connectivity index (χ4n) is 2.15. The van der Waals surface area contributed by atoms with Crippen LogP contribution in [-0.4, -0.2) is 22.1 Å². The molecule has 1 amide bonds. The van der Waals surface area contributed by atoms with Crippen molar-refractivity contribution < 1.29 is 4.79 Å². The molecule has 2 aromatic rings. The van der Waals surface area contributed by atoms with Crippen LogP contribution in [0.15, 0.2) is 35.5 Å². The molecule has 0 unspecified atom stereocenters. The number of carbonyl (C=O) groups is 1. The van der Waals surface area contributed by atoms with E-state index in [-0.39, 0.29) is 5.91 Å². The first-order valence-electron chi connectivity index (χ1n) is 6.83. The molecule has 0 atom stereocenters. The molecule has 1 aromatic heterocycles. The molecular formula is C16H19N3OS. The van der Waals surface area contributed by atoms with Gasteiger partial charge in [0.15, 0.2) is 5.16 Å². The van der Waals surface area contributed by atoms with Crippen molar-refractivity contribution in [1.29, 1.82) is 0 Å². The van der Waals surface area contributed by atoms with E-state index < -0.39 is 0 Å². The largest absolute Gasteiger partial charge is 0.326 e. The van der Waals surface area contributed by atoms with Crippen LogP contribution >= 0.6 is 11.8 Å². The standard InChI is InChI=1S/C16H19N3OS/c1-11-14(12(2)18-16(17-11)21-3)9-10-15(20)19-13-7-5-4-6-8-13/h4-8H,9-10H2,1-3H3,(H,19,20). The smallest absolute Gasteiger partial charge is 0.224 e. The second-order valence-corrected chi connectivity index (χ2v) is 5.55. The Hall–Kier alpha value is -1.88. The minimum atomic E-state index is 0.00828.